The molecular weight excluding hydrogens is 344 g/mol. The molecule has 0 aromatic heterocycles. The smallest absolute Gasteiger partial charge is 0.319 e. The molecule has 0 atom stereocenters. The van der Waals surface area contributed by atoms with Crippen LogP contribution >= 0.6 is 15.9 Å². The number of nitrogens with one attached hydrogen (secondary N) is 2. The zero-order chi connectivity index (χ0) is 16.1. The van der Waals surface area contributed by atoms with Crippen molar-refractivity contribution in [1.29, 1.82) is 0 Å². The van der Waals surface area contributed by atoms with Crippen molar-refractivity contribution < 1.29 is 9.53 Å². The van der Waals surface area contributed by atoms with Gasteiger partial charge in [-0.2, -0.15) is 0 Å². The molecule has 0 aliphatic heterocycles. The second-order valence-corrected chi connectivity index (χ2v) is 5.89. The predicted molar refractivity (Wildman–Crippen MR) is 92.5 cm³/mol. The van der Waals surface area contributed by atoms with Gasteiger partial charge in [-0.25, -0.2) is 4.79 Å². The second kappa shape index (κ2) is 7.31. The van der Waals surface area contributed by atoms with Gasteiger partial charge in [-0.3, -0.25) is 0 Å². The van der Waals surface area contributed by atoms with Crippen molar-refractivity contribution in [2.24, 2.45) is 0 Å². The van der Waals surface area contributed by atoms with Crippen LogP contribution in [-0.2, 0) is 6.61 Å². The van der Waals surface area contributed by atoms with E-state index in [2.05, 4.69) is 39.6 Å². The number of amides is 2. The number of rotatable bonds is 4. The predicted octanol–water partition coefficient (Wildman–Crippen LogP) is 4.40. The summed E-state index contributed by atoms with van der Waals surface area (Å²) in [6, 6.07) is 11.5. The van der Waals surface area contributed by atoms with Gasteiger partial charge in [-0.05, 0) is 47.5 Å². The van der Waals surface area contributed by atoms with Crippen LogP contribution in [0.5, 0.6) is 5.75 Å². The van der Waals surface area contributed by atoms with E-state index in [1.165, 1.54) is 5.56 Å². The fraction of sp³-hybridized carbons (Fsp3) is 0.235. The van der Waals surface area contributed by atoms with E-state index in [0.717, 1.165) is 21.3 Å². The number of hydrogen-bond acceptors (Lipinski definition) is 2. The topological polar surface area (TPSA) is 50.4 Å². The standard InChI is InChI=1S/C17H19BrN2O2/c1-11-7-8-15(12(2)9-11)22-10-13-5-4-6-14(18)16(13)20-17(21)19-3/h4-9H,10H2,1-3H3,(H2,19,20,21). The van der Waals surface area contributed by atoms with Gasteiger partial charge in [0.25, 0.3) is 0 Å². The molecule has 0 unspecified atom stereocenters. The molecule has 2 amide bonds. The number of anilines is 1. The van der Waals surface area contributed by atoms with E-state index in [0.29, 0.717) is 12.3 Å². The number of urea groups is 1. The molecule has 2 rings (SSSR count). The molecule has 0 saturated carbocycles. The Morgan fingerprint density at radius 3 is 2.68 bits per heavy atom. The van der Waals surface area contributed by atoms with Crippen LogP contribution in [0.1, 0.15) is 16.7 Å². The molecule has 0 heterocycles. The molecule has 0 bridgehead atoms. The third kappa shape index (κ3) is 4.01. The normalized spacial score (nSPS) is 10.2. The van der Waals surface area contributed by atoms with Crippen LogP contribution in [0.4, 0.5) is 10.5 Å². The SMILES string of the molecule is CNC(=O)Nc1c(Br)cccc1COc1ccc(C)cc1C. The molecule has 0 saturated heterocycles. The first-order valence-electron chi connectivity index (χ1n) is 6.97. The highest BCUT2D eigenvalue weighted by atomic mass is 79.9. The average molecular weight is 363 g/mol. The summed E-state index contributed by atoms with van der Waals surface area (Å²) in [4.78, 5) is 11.6. The zero-order valence-electron chi connectivity index (χ0n) is 12.9. The highest BCUT2D eigenvalue weighted by molar-refractivity contribution is 9.10. The lowest BCUT2D eigenvalue weighted by atomic mass is 10.1. The van der Waals surface area contributed by atoms with Crippen LogP contribution in [0.25, 0.3) is 0 Å². The number of carbonyl (C=O) groups is 1. The van der Waals surface area contributed by atoms with Crippen LogP contribution in [0.3, 0.4) is 0 Å². The largest absolute Gasteiger partial charge is 0.489 e. The average Bonchev–Trinajstić information content (AvgIpc) is 2.49. The molecule has 0 aliphatic carbocycles. The van der Waals surface area contributed by atoms with Crippen LogP contribution in [-0.4, -0.2) is 13.1 Å². The van der Waals surface area contributed by atoms with Crippen molar-refractivity contribution in [2.45, 2.75) is 20.5 Å². The van der Waals surface area contributed by atoms with Gasteiger partial charge in [0.15, 0.2) is 0 Å². The first-order valence-corrected chi connectivity index (χ1v) is 7.76. The van der Waals surface area contributed by atoms with Gasteiger partial charge in [0.05, 0.1) is 5.69 Å². The van der Waals surface area contributed by atoms with Crippen molar-refractivity contribution in [2.75, 3.05) is 12.4 Å². The van der Waals surface area contributed by atoms with Crippen LogP contribution in [0.2, 0.25) is 0 Å². The molecule has 2 aromatic carbocycles. The quantitative estimate of drug-likeness (QED) is 0.846. The summed E-state index contributed by atoms with van der Waals surface area (Å²) in [5, 5.41) is 5.36. The number of hydrogen-bond donors (Lipinski definition) is 2. The molecule has 2 N–H and O–H groups in total. The lowest BCUT2D eigenvalue weighted by Crippen LogP contribution is -2.25. The summed E-state index contributed by atoms with van der Waals surface area (Å²) < 4.78 is 6.71. The summed E-state index contributed by atoms with van der Waals surface area (Å²) in [6.45, 7) is 4.45. The number of aryl methyl sites for hydroxylation is 2. The highest BCUT2D eigenvalue weighted by Crippen LogP contribution is 2.28. The third-order valence-electron chi connectivity index (χ3n) is 3.28. The minimum absolute atomic E-state index is 0.264. The van der Waals surface area contributed by atoms with E-state index < -0.39 is 0 Å². The highest BCUT2D eigenvalue weighted by Gasteiger charge is 2.10. The number of ether oxygens (including phenoxy) is 1. The molecule has 0 spiro atoms. The molecule has 0 fully saturated rings. The van der Waals surface area contributed by atoms with Gasteiger partial charge in [0.1, 0.15) is 12.4 Å². The van der Waals surface area contributed by atoms with Gasteiger partial charge in [0, 0.05) is 17.1 Å². The summed E-state index contributed by atoms with van der Waals surface area (Å²) in [6.07, 6.45) is 0. The zero-order valence-corrected chi connectivity index (χ0v) is 14.5. The number of para-hydroxylation sites is 1. The molecule has 116 valence electrons. The number of benzene rings is 2. The monoisotopic (exact) mass is 362 g/mol. The van der Waals surface area contributed by atoms with Gasteiger partial charge in [0.2, 0.25) is 0 Å². The fourth-order valence-corrected chi connectivity index (χ4v) is 2.63. The Kier molecular flexibility index (Phi) is 5.44. The Bertz CT molecular complexity index is 686. The van der Waals surface area contributed by atoms with E-state index in [1.807, 2.05) is 37.3 Å². The molecule has 0 radical (unpaired) electrons. The van der Waals surface area contributed by atoms with E-state index in [1.54, 1.807) is 7.05 Å². The van der Waals surface area contributed by atoms with E-state index in [-0.39, 0.29) is 6.03 Å². The molecule has 4 nitrogen and oxygen atoms in total. The van der Waals surface area contributed by atoms with Gasteiger partial charge >= 0.3 is 6.03 Å². The Hall–Kier alpha value is -2.01. The molecule has 22 heavy (non-hydrogen) atoms. The molecule has 5 heteroatoms. The second-order valence-electron chi connectivity index (χ2n) is 5.04. The maximum absolute atomic E-state index is 11.6. The summed E-state index contributed by atoms with van der Waals surface area (Å²) in [5.74, 6) is 0.844. The maximum Gasteiger partial charge on any atom is 0.319 e. The van der Waals surface area contributed by atoms with Crippen molar-refractivity contribution in [3.05, 3.63) is 57.6 Å². The van der Waals surface area contributed by atoms with Crippen LogP contribution in [0, 0.1) is 13.8 Å². The Morgan fingerprint density at radius 2 is 2.00 bits per heavy atom. The van der Waals surface area contributed by atoms with Crippen molar-refractivity contribution in [3.63, 3.8) is 0 Å². The maximum atomic E-state index is 11.6. The molecular formula is C17H19BrN2O2. The number of halogens is 1. The first kappa shape index (κ1) is 16.4. The minimum atomic E-state index is -0.264. The number of carbonyl (C=O) groups excluding carboxylic acids is 1. The Morgan fingerprint density at radius 1 is 1.23 bits per heavy atom. The first-order chi connectivity index (χ1) is 10.5. The van der Waals surface area contributed by atoms with Crippen molar-refractivity contribution >= 4 is 27.6 Å². The fourth-order valence-electron chi connectivity index (χ4n) is 2.12. The van der Waals surface area contributed by atoms with Gasteiger partial charge in [-0.1, -0.05) is 29.8 Å². The van der Waals surface area contributed by atoms with Crippen LogP contribution in [0.15, 0.2) is 40.9 Å². The third-order valence-corrected chi connectivity index (χ3v) is 3.94. The Labute approximate surface area is 139 Å². The lowest BCUT2D eigenvalue weighted by Gasteiger charge is -2.15. The lowest BCUT2D eigenvalue weighted by molar-refractivity contribution is 0.254. The van der Waals surface area contributed by atoms with Crippen molar-refractivity contribution in [1.82, 2.24) is 5.32 Å². The Balaban J connectivity index is 2.18. The molecule has 2 aromatic rings. The minimum Gasteiger partial charge on any atom is -0.489 e. The van der Waals surface area contributed by atoms with E-state index in [9.17, 15) is 4.79 Å². The van der Waals surface area contributed by atoms with E-state index in [4.69, 9.17) is 4.74 Å². The van der Waals surface area contributed by atoms with Crippen molar-refractivity contribution in [3.8, 4) is 5.75 Å². The van der Waals surface area contributed by atoms with Gasteiger partial charge in [-0.15, -0.1) is 0 Å². The summed E-state index contributed by atoms with van der Waals surface area (Å²) in [7, 11) is 1.58. The van der Waals surface area contributed by atoms with Gasteiger partial charge < -0.3 is 15.4 Å². The van der Waals surface area contributed by atoms with Crippen LogP contribution < -0.4 is 15.4 Å². The summed E-state index contributed by atoms with van der Waals surface area (Å²) >= 11 is 3.46. The van der Waals surface area contributed by atoms with E-state index >= 15 is 0 Å². The summed E-state index contributed by atoms with van der Waals surface area (Å²) in [5.41, 5.74) is 3.91. The molecule has 0 aliphatic rings.